The summed E-state index contributed by atoms with van der Waals surface area (Å²) in [6.07, 6.45) is 1.65. The zero-order valence-electron chi connectivity index (χ0n) is 11.6. The van der Waals surface area contributed by atoms with Crippen LogP contribution in [0, 0.1) is 5.92 Å². The number of aromatic nitrogens is 2. The average molecular weight is 249 g/mol. The molecule has 18 heavy (non-hydrogen) atoms. The van der Waals surface area contributed by atoms with E-state index in [2.05, 4.69) is 46.0 Å². The Hall–Kier alpha value is -1.36. The first-order chi connectivity index (χ1) is 8.65. The molecule has 1 saturated heterocycles. The largest absolute Gasteiger partial charge is 0.370 e. The van der Waals surface area contributed by atoms with Gasteiger partial charge in [-0.15, -0.1) is 0 Å². The molecule has 1 fully saturated rings. The van der Waals surface area contributed by atoms with Crippen LogP contribution in [-0.2, 0) is 0 Å². The summed E-state index contributed by atoms with van der Waals surface area (Å²) in [5.41, 5.74) is 0. The minimum atomic E-state index is 0.618. The molecule has 5 nitrogen and oxygen atoms in total. The van der Waals surface area contributed by atoms with E-state index in [0.717, 1.165) is 44.4 Å². The molecule has 0 saturated carbocycles. The third-order valence-electron chi connectivity index (χ3n) is 3.17. The van der Waals surface area contributed by atoms with Gasteiger partial charge in [0.1, 0.15) is 18.0 Å². The maximum atomic E-state index is 4.37. The fourth-order valence-electron chi connectivity index (χ4n) is 1.96. The van der Waals surface area contributed by atoms with E-state index in [1.165, 1.54) is 0 Å². The van der Waals surface area contributed by atoms with Crippen LogP contribution in [0.5, 0.6) is 0 Å². The summed E-state index contributed by atoms with van der Waals surface area (Å²) >= 11 is 0. The summed E-state index contributed by atoms with van der Waals surface area (Å²) in [5, 5.41) is 3.34. The van der Waals surface area contributed by atoms with Gasteiger partial charge in [-0.1, -0.05) is 13.8 Å². The normalized spacial score (nSPS) is 17.2. The predicted molar refractivity (Wildman–Crippen MR) is 75.1 cm³/mol. The van der Waals surface area contributed by atoms with Crippen molar-refractivity contribution in [1.82, 2.24) is 14.9 Å². The molecule has 1 aliphatic heterocycles. The summed E-state index contributed by atoms with van der Waals surface area (Å²) < 4.78 is 0. The lowest BCUT2D eigenvalue weighted by molar-refractivity contribution is 0.312. The maximum Gasteiger partial charge on any atom is 0.134 e. The van der Waals surface area contributed by atoms with Gasteiger partial charge in [0.15, 0.2) is 0 Å². The smallest absolute Gasteiger partial charge is 0.134 e. The summed E-state index contributed by atoms with van der Waals surface area (Å²) in [6.45, 7) is 9.59. The molecule has 0 radical (unpaired) electrons. The molecule has 0 atom stereocenters. The number of likely N-dealkylation sites (N-methyl/N-ethyl adjacent to an activating group) is 1. The zero-order chi connectivity index (χ0) is 13.0. The van der Waals surface area contributed by atoms with Crippen LogP contribution < -0.4 is 10.2 Å². The van der Waals surface area contributed by atoms with Crippen LogP contribution in [-0.4, -0.2) is 54.6 Å². The van der Waals surface area contributed by atoms with E-state index in [1.54, 1.807) is 6.33 Å². The number of rotatable bonds is 4. The summed E-state index contributed by atoms with van der Waals surface area (Å²) in [4.78, 5) is 13.3. The zero-order valence-corrected chi connectivity index (χ0v) is 11.6. The molecule has 0 aliphatic carbocycles. The van der Waals surface area contributed by atoms with Crippen molar-refractivity contribution >= 4 is 11.6 Å². The Balaban J connectivity index is 1.98. The number of piperazine rings is 1. The molecule has 0 spiro atoms. The second-order valence-corrected chi connectivity index (χ2v) is 5.33. The lowest BCUT2D eigenvalue weighted by Gasteiger charge is -2.33. The quantitative estimate of drug-likeness (QED) is 0.871. The Kier molecular flexibility index (Phi) is 4.36. The fraction of sp³-hybridized carbons (Fsp3) is 0.692. The highest BCUT2D eigenvalue weighted by Gasteiger charge is 2.15. The summed E-state index contributed by atoms with van der Waals surface area (Å²) in [6, 6.07) is 2.05. The van der Waals surface area contributed by atoms with Gasteiger partial charge in [0, 0.05) is 38.8 Å². The number of hydrogen-bond donors (Lipinski definition) is 1. The number of anilines is 2. The molecule has 5 heteroatoms. The van der Waals surface area contributed by atoms with Crippen LogP contribution in [0.15, 0.2) is 12.4 Å². The topological polar surface area (TPSA) is 44.3 Å². The van der Waals surface area contributed by atoms with Gasteiger partial charge in [0.2, 0.25) is 0 Å². The van der Waals surface area contributed by atoms with E-state index in [4.69, 9.17) is 0 Å². The predicted octanol–water partition coefficient (Wildman–Crippen LogP) is 1.30. The molecular formula is C13H23N5. The van der Waals surface area contributed by atoms with E-state index in [1.807, 2.05) is 6.07 Å². The van der Waals surface area contributed by atoms with Gasteiger partial charge in [0.05, 0.1) is 0 Å². The second-order valence-electron chi connectivity index (χ2n) is 5.33. The molecule has 100 valence electrons. The van der Waals surface area contributed by atoms with Gasteiger partial charge in [-0.2, -0.15) is 0 Å². The minimum Gasteiger partial charge on any atom is -0.370 e. The second kappa shape index (κ2) is 6.00. The van der Waals surface area contributed by atoms with Gasteiger partial charge in [-0.3, -0.25) is 0 Å². The van der Waals surface area contributed by atoms with Gasteiger partial charge in [0.25, 0.3) is 0 Å². The van der Waals surface area contributed by atoms with Crippen molar-refractivity contribution in [3.63, 3.8) is 0 Å². The molecule has 2 heterocycles. The van der Waals surface area contributed by atoms with Gasteiger partial charge < -0.3 is 15.1 Å². The Morgan fingerprint density at radius 1 is 1.22 bits per heavy atom. The Morgan fingerprint density at radius 3 is 2.61 bits per heavy atom. The molecular weight excluding hydrogens is 226 g/mol. The molecule has 1 aromatic heterocycles. The Bertz CT molecular complexity index is 371. The minimum absolute atomic E-state index is 0.618. The van der Waals surface area contributed by atoms with E-state index in [-0.39, 0.29) is 0 Å². The molecule has 1 aliphatic rings. The van der Waals surface area contributed by atoms with Crippen molar-refractivity contribution < 1.29 is 0 Å². The van der Waals surface area contributed by atoms with Crippen LogP contribution in [0.2, 0.25) is 0 Å². The molecule has 0 aromatic carbocycles. The first kappa shape index (κ1) is 13.1. The molecule has 0 bridgehead atoms. The molecule has 1 N–H and O–H groups in total. The Labute approximate surface area is 109 Å². The van der Waals surface area contributed by atoms with E-state index in [9.17, 15) is 0 Å². The average Bonchev–Trinajstić information content (AvgIpc) is 2.37. The summed E-state index contributed by atoms with van der Waals surface area (Å²) in [7, 11) is 2.16. The number of nitrogens with zero attached hydrogens (tertiary/aromatic N) is 4. The van der Waals surface area contributed by atoms with Crippen molar-refractivity contribution in [2.45, 2.75) is 13.8 Å². The van der Waals surface area contributed by atoms with Crippen LogP contribution in [0.3, 0.4) is 0 Å². The number of hydrogen-bond acceptors (Lipinski definition) is 5. The van der Waals surface area contributed by atoms with Crippen molar-refractivity contribution in [2.75, 3.05) is 50.0 Å². The molecule has 0 unspecified atom stereocenters. The van der Waals surface area contributed by atoms with Crippen LogP contribution in [0.4, 0.5) is 11.6 Å². The van der Waals surface area contributed by atoms with Gasteiger partial charge >= 0.3 is 0 Å². The Morgan fingerprint density at radius 2 is 1.94 bits per heavy atom. The highest BCUT2D eigenvalue weighted by Crippen LogP contribution is 2.15. The molecule has 1 aromatic rings. The monoisotopic (exact) mass is 249 g/mol. The van der Waals surface area contributed by atoms with Crippen LogP contribution in [0.25, 0.3) is 0 Å². The lowest BCUT2D eigenvalue weighted by atomic mass is 10.2. The fourth-order valence-corrected chi connectivity index (χ4v) is 1.96. The highest BCUT2D eigenvalue weighted by molar-refractivity contribution is 5.48. The SMILES string of the molecule is CC(C)CNc1cc(N2CCN(C)CC2)ncn1. The van der Waals surface area contributed by atoms with Crippen molar-refractivity contribution in [2.24, 2.45) is 5.92 Å². The first-order valence-corrected chi connectivity index (χ1v) is 6.64. The molecule has 0 amide bonds. The van der Waals surface area contributed by atoms with Crippen LogP contribution >= 0.6 is 0 Å². The standard InChI is InChI=1S/C13H23N5/c1-11(2)9-14-12-8-13(16-10-15-12)18-6-4-17(3)5-7-18/h8,10-11H,4-7,9H2,1-3H3,(H,14,15,16). The third-order valence-corrected chi connectivity index (χ3v) is 3.17. The van der Waals surface area contributed by atoms with Gasteiger partial charge in [-0.25, -0.2) is 9.97 Å². The lowest BCUT2D eigenvalue weighted by Crippen LogP contribution is -2.44. The van der Waals surface area contributed by atoms with Gasteiger partial charge in [-0.05, 0) is 13.0 Å². The van der Waals surface area contributed by atoms with E-state index >= 15 is 0 Å². The third kappa shape index (κ3) is 3.57. The van der Waals surface area contributed by atoms with E-state index in [0.29, 0.717) is 5.92 Å². The van der Waals surface area contributed by atoms with Crippen LogP contribution in [0.1, 0.15) is 13.8 Å². The summed E-state index contributed by atoms with van der Waals surface area (Å²) in [5.74, 6) is 2.57. The van der Waals surface area contributed by atoms with Crippen molar-refractivity contribution in [3.8, 4) is 0 Å². The van der Waals surface area contributed by atoms with Crippen molar-refractivity contribution in [3.05, 3.63) is 12.4 Å². The highest BCUT2D eigenvalue weighted by atomic mass is 15.3. The van der Waals surface area contributed by atoms with Crippen molar-refractivity contribution in [1.29, 1.82) is 0 Å². The number of nitrogens with one attached hydrogen (secondary N) is 1. The first-order valence-electron chi connectivity index (χ1n) is 6.64. The van der Waals surface area contributed by atoms with E-state index < -0.39 is 0 Å². The maximum absolute atomic E-state index is 4.37. The molecule has 2 rings (SSSR count).